The first-order valence-electron chi connectivity index (χ1n) is 24.6. The minimum absolute atomic E-state index is 0.00410. The van der Waals surface area contributed by atoms with Crippen molar-refractivity contribution < 1.29 is 102 Å². The minimum atomic E-state index is -4.83. The topological polar surface area (TPSA) is 305 Å². The fraction of sp³-hybridized carbons (Fsp3) is 0.521. The third-order valence-electron chi connectivity index (χ3n) is 12.4. The highest BCUT2D eigenvalue weighted by molar-refractivity contribution is 7.90. The van der Waals surface area contributed by atoms with E-state index in [2.05, 4.69) is 10.1 Å². The van der Waals surface area contributed by atoms with E-state index >= 15 is 0 Å². The fourth-order valence-corrected chi connectivity index (χ4v) is 13.7. The largest absolute Gasteiger partial charge is 0.418 e. The molecule has 0 aliphatic heterocycles. The van der Waals surface area contributed by atoms with Crippen LogP contribution in [0.3, 0.4) is 0 Å². The number of hydrogen-bond donors (Lipinski definition) is 3. The van der Waals surface area contributed by atoms with Gasteiger partial charge in [-0.1, -0.05) is 31.2 Å². The number of anilines is 1. The van der Waals surface area contributed by atoms with Crippen LogP contribution in [-0.2, 0) is 78.8 Å². The van der Waals surface area contributed by atoms with Crippen LogP contribution in [-0.4, -0.2) is 194 Å². The highest BCUT2D eigenvalue weighted by Crippen LogP contribution is 2.46. The smallest absolute Gasteiger partial charge is 0.337 e. The summed E-state index contributed by atoms with van der Waals surface area (Å²) in [5.41, 5.74) is -0.611. The Hall–Kier alpha value is -4.52. The molecule has 0 radical (unpaired) electrons. The van der Waals surface area contributed by atoms with E-state index in [0.29, 0.717) is 45.6 Å². The zero-order valence-electron chi connectivity index (χ0n) is 44.5. The molecule has 23 nitrogen and oxygen atoms in total. The molecule has 5 aromatic rings. The molecule has 32 heteroatoms. The summed E-state index contributed by atoms with van der Waals surface area (Å²) in [4.78, 5) is 10.4. The van der Waals surface area contributed by atoms with Crippen LogP contribution in [0, 0.1) is 30.2 Å². The third kappa shape index (κ3) is 16.6. The molecule has 0 aromatic heterocycles. The van der Waals surface area contributed by atoms with Gasteiger partial charge in [0, 0.05) is 97.0 Å². The molecule has 0 heterocycles. The maximum Gasteiger partial charge on any atom is 0.337 e. The van der Waals surface area contributed by atoms with Gasteiger partial charge in [0.25, 0.3) is 20.2 Å². The number of sulfonamides is 3. The van der Waals surface area contributed by atoms with Crippen molar-refractivity contribution in [3.63, 3.8) is 0 Å². The van der Waals surface area contributed by atoms with E-state index in [1.165, 1.54) is 31.3 Å². The van der Waals surface area contributed by atoms with Crippen LogP contribution in [0.15, 0.2) is 51.1 Å². The van der Waals surface area contributed by atoms with Crippen LogP contribution >= 0.6 is 0 Å². The number of esters is 1. The van der Waals surface area contributed by atoms with Crippen LogP contribution in [0.2, 0.25) is 0 Å². The van der Waals surface area contributed by atoms with Crippen molar-refractivity contribution >= 4 is 94.3 Å². The Kier molecular flexibility index (Phi) is 23.3. The predicted octanol–water partition coefficient (Wildman–Crippen LogP) is 4.77. The second kappa shape index (κ2) is 28.2. The molecule has 5 rings (SSSR count). The van der Waals surface area contributed by atoms with Crippen LogP contribution in [0.4, 0.5) is 23.2 Å². The molecule has 3 N–H and O–H groups in total. The maximum atomic E-state index is 14.4. The van der Waals surface area contributed by atoms with Crippen molar-refractivity contribution in [2.45, 2.75) is 60.8 Å². The van der Waals surface area contributed by atoms with Crippen LogP contribution in [0.25, 0.3) is 32.3 Å². The predicted molar refractivity (Wildman–Crippen MR) is 286 cm³/mol. The number of hydrogen-bond acceptors (Lipinski definition) is 18. The van der Waals surface area contributed by atoms with Crippen LogP contribution < -0.4 is 10.1 Å². The second-order valence-electron chi connectivity index (χ2n) is 18.3. The number of nitrogens with one attached hydrogen (secondary N) is 1. The van der Waals surface area contributed by atoms with Crippen LogP contribution in [0.1, 0.15) is 38.7 Å². The second-order valence-corrected chi connectivity index (χ2v) is 27.5. The van der Waals surface area contributed by atoms with Gasteiger partial charge in [-0.25, -0.2) is 43.1 Å². The number of nitrogens with zero attached hydrogens (tertiary/aromatic N) is 3. The monoisotopic (exact) mass is 1240 g/mol. The van der Waals surface area contributed by atoms with Crippen molar-refractivity contribution in [1.82, 2.24) is 12.9 Å². The Bertz CT molecular complexity index is 3460. The van der Waals surface area contributed by atoms with E-state index in [1.54, 1.807) is 13.0 Å². The quantitative estimate of drug-likeness (QED) is 0.00936. The zero-order chi connectivity index (χ0) is 59.5. The summed E-state index contributed by atoms with van der Waals surface area (Å²) in [6.45, 7) is 3.71. The number of ether oxygens (including phenoxy) is 6. The maximum absolute atomic E-state index is 14.4. The van der Waals surface area contributed by atoms with Gasteiger partial charge < -0.3 is 33.7 Å². The van der Waals surface area contributed by atoms with Crippen molar-refractivity contribution in [2.24, 2.45) is 0 Å². The number of rotatable bonds is 35. The molecule has 448 valence electrons. The molecule has 1 unspecified atom stereocenters. The standard InChI is InChI=1S/C48H64F4N4O19S5/c1-7-14-54(4)78(64,65)38-28-37(53-31(2)9-8-17-70-18-19-71-20-21-72-22-23-73-24-25-74-30-41(57)75-48-46(51)44(49)32(3)45(50)47(48)52)33-10-11-35-39(79(66,67)55(5)15-26-76(58,59)60)29-40(36-13-12-34(38)42(33)43(35)36)80(68,69)56(6)16-27-77(61,62)63/h10-13,28-29,31,53H,7-9,14-27,30H2,1-6H3,(H,58,59,60)(H,61,62,63). The van der Waals surface area contributed by atoms with Gasteiger partial charge in [-0.05, 0) is 45.2 Å². The molecule has 0 aliphatic rings. The normalized spacial score (nSPS) is 13.5. The van der Waals surface area contributed by atoms with Gasteiger partial charge in [0.15, 0.2) is 11.6 Å². The average Bonchev–Trinajstić information content (AvgIpc) is 2.81. The number of carbonyl (C=O) groups excluding carboxylic acids is 1. The van der Waals surface area contributed by atoms with Gasteiger partial charge in [0.2, 0.25) is 47.5 Å². The molecule has 0 fully saturated rings. The molecule has 0 bridgehead atoms. The van der Waals surface area contributed by atoms with E-state index < -0.39 is 132 Å². The molecule has 80 heavy (non-hydrogen) atoms. The molecular formula is C48H64F4N4O19S5. The SMILES string of the molecule is CCCN(C)S(=O)(=O)c1cc(NC(C)CCCOCCOCCOCCOCCOCC(=O)Oc2c(F)c(F)c(C)c(F)c2F)c2ccc3c(S(=O)(=O)N(C)CCS(=O)(=O)O)cc(S(=O)(=O)N(C)CCS(=O)(=O)O)c4ccc1c2c34. The van der Waals surface area contributed by atoms with Crippen molar-refractivity contribution in [3.05, 3.63) is 65.2 Å². The number of halogens is 4. The third-order valence-corrected chi connectivity index (χ3v) is 19.5. The molecule has 0 amide bonds. The minimum Gasteiger partial charge on any atom is -0.418 e. The highest BCUT2D eigenvalue weighted by Gasteiger charge is 2.34. The van der Waals surface area contributed by atoms with Gasteiger partial charge in [0.05, 0.1) is 79.0 Å². The van der Waals surface area contributed by atoms with Gasteiger partial charge in [-0.15, -0.1) is 0 Å². The lowest BCUT2D eigenvalue weighted by Crippen LogP contribution is -2.33. The molecule has 0 saturated heterocycles. The lowest BCUT2D eigenvalue weighted by molar-refractivity contribution is -0.140. The Morgan fingerprint density at radius 1 is 0.562 bits per heavy atom. The Morgan fingerprint density at radius 3 is 1.36 bits per heavy atom. The molecule has 0 saturated carbocycles. The lowest BCUT2D eigenvalue weighted by Gasteiger charge is -2.26. The van der Waals surface area contributed by atoms with Crippen molar-refractivity contribution in [3.8, 4) is 5.75 Å². The summed E-state index contributed by atoms with van der Waals surface area (Å²) in [6.07, 6.45) is 1.46. The Labute approximate surface area is 462 Å². The summed E-state index contributed by atoms with van der Waals surface area (Å²) < 4.78 is 241. The average molecular weight is 1240 g/mol. The number of benzene rings is 5. The Balaban J connectivity index is 1.22. The first-order valence-corrected chi connectivity index (χ1v) is 32.2. The lowest BCUT2D eigenvalue weighted by atomic mass is 9.93. The van der Waals surface area contributed by atoms with Crippen molar-refractivity contribution in [1.29, 1.82) is 0 Å². The summed E-state index contributed by atoms with van der Waals surface area (Å²) >= 11 is 0. The summed E-state index contributed by atoms with van der Waals surface area (Å²) in [5.74, 6) is -11.9. The summed E-state index contributed by atoms with van der Waals surface area (Å²) in [6, 6.07) is 7.62. The highest BCUT2D eigenvalue weighted by atomic mass is 32.2. The molecular weight excluding hydrogens is 1170 g/mol. The summed E-state index contributed by atoms with van der Waals surface area (Å²) in [5, 5.41) is 3.85. The number of carbonyl (C=O) groups is 1. The first-order chi connectivity index (χ1) is 37.4. The molecule has 5 aromatic carbocycles. The van der Waals surface area contributed by atoms with Gasteiger partial charge in [0.1, 0.15) is 6.61 Å². The van der Waals surface area contributed by atoms with Gasteiger partial charge in [-0.3, -0.25) is 9.11 Å². The van der Waals surface area contributed by atoms with E-state index in [4.69, 9.17) is 23.7 Å². The molecule has 1 atom stereocenters. The molecule has 0 aliphatic carbocycles. The summed E-state index contributed by atoms with van der Waals surface area (Å²) in [7, 11) is -19.9. The van der Waals surface area contributed by atoms with E-state index in [1.807, 2.05) is 6.92 Å². The van der Waals surface area contributed by atoms with E-state index in [-0.39, 0.29) is 97.3 Å². The van der Waals surface area contributed by atoms with E-state index in [0.717, 1.165) is 31.4 Å². The van der Waals surface area contributed by atoms with Crippen LogP contribution in [0.5, 0.6) is 5.75 Å². The molecule has 0 spiro atoms. The first kappa shape index (κ1) is 66.3. The van der Waals surface area contributed by atoms with Gasteiger partial charge >= 0.3 is 5.97 Å². The van der Waals surface area contributed by atoms with E-state index in [9.17, 15) is 73.6 Å². The zero-order valence-corrected chi connectivity index (χ0v) is 48.6. The Morgan fingerprint density at radius 2 is 0.938 bits per heavy atom. The van der Waals surface area contributed by atoms with Crippen molar-refractivity contribution in [2.75, 3.05) is 124 Å². The fourth-order valence-electron chi connectivity index (χ4n) is 8.14. The van der Waals surface area contributed by atoms with Gasteiger partial charge in [-0.2, -0.15) is 34.2 Å².